The van der Waals surface area contributed by atoms with Gasteiger partial charge in [0, 0.05) is 5.56 Å². The SMILES string of the molecule is Cc1cccc(-c2nc3ccc(S(=O)(=O)c4ccc5nc(C)[nH]c5c4)cc3[nH]2)c1. The third-order valence-electron chi connectivity index (χ3n) is 4.94. The molecule has 0 amide bonds. The van der Waals surface area contributed by atoms with E-state index in [0.29, 0.717) is 16.9 Å². The number of nitrogens with one attached hydrogen (secondary N) is 2. The van der Waals surface area contributed by atoms with Crippen LogP contribution in [0.2, 0.25) is 0 Å². The van der Waals surface area contributed by atoms with E-state index in [2.05, 4.69) is 19.9 Å². The van der Waals surface area contributed by atoms with E-state index in [-0.39, 0.29) is 9.79 Å². The number of hydrogen-bond acceptors (Lipinski definition) is 4. The van der Waals surface area contributed by atoms with E-state index in [0.717, 1.165) is 28.0 Å². The first-order valence-electron chi connectivity index (χ1n) is 9.18. The summed E-state index contributed by atoms with van der Waals surface area (Å²) in [5.41, 5.74) is 4.95. The lowest BCUT2D eigenvalue weighted by Crippen LogP contribution is -2.01. The van der Waals surface area contributed by atoms with Crippen LogP contribution >= 0.6 is 0 Å². The Morgan fingerprint density at radius 3 is 2.10 bits per heavy atom. The maximum Gasteiger partial charge on any atom is 0.206 e. The minimum atomic E-state index is -3.67. The molecule has 0 radical (unpaired) electrons. The fraction of sp³-hybridized carbons (Fsp3) is 0.0909. The summed E-state index contributed by atoms with van der Waals surface area (Å²) in [5, 5.41) is 0. The van der Waals surface area contributed by atoms with Crippen molar-refractivity contribution >= 4 is 31.9 Å². The van der Waals surface area contributed by atoms with Crippen LogP contribution in [0.25, 0.3) is 33.5 Å². The molecule has 0 aliphatic rings. The number of imidazole rings is 2. The van der Waals surface area contributed by atoms with E-state index in [1.165, 1.54) is 0 Å². The summed E-state index contributed by atoms with van der Waals surface area (Å²) >= 11 is 0. The highest BCUT2D eigenvalue weighted by atomic mass is 32.2. The Bertz CT molecular complexity index is 1500. The number of rotatable bonds is 3. The lowest BCUT2D eigenvalue weighted by atomic mass is 10.1. The van der Waals surface area contributed by atoms with Crippen molar-refractivity contribution < 1.29 is 8.42 Å². The molecule has 5 rings (SSSR count). The van der Waals surface area contributed by atoms with E-state index in [9.17, 15) is 8.42 Å². The standard InChI is InChI=1S/C22H18N4O2S/c1-13-4-3-5-15(10-13)22-25-19-9-7-17(12-21(19)26-22)29(27,28)16-6-8-18-20(11-16)24-14(2)23-18/h3-12H,1-2H3,(H,23,24)(H,25,26). The molecule has 2 N–H and O–H groups in total. The van der Waals surface area contributed by atoms with Crippen LogP contribution in [0.15, 0.2) is 70.5 Å². The number of nitrogens with zero attached hydrogens (tertiary/aromatic N) is 2. The van der Waals surface area contributed by atoms with Gasteiger partial charge in [0.05, 0.1) is 31.9 Å². The Balaban J connectivity index is 1.59. The number of sulfone groups is 1. The summed E-state index contributed by atoms with van der Waals surface area (Å²) in [4.78, 5) is 15.7. The second kappa shape index (κ2) is 6.28. The molecule has 0 bridgehead atoms. The molecule has 2 aromatic heterocycles. The summed E-state index contributed by atoms with van der Waals surface area (Å²) < 4.78 is 26.4. The van der Waals surface area contributed by atoms with E-state index >= 15 is 0 Å². The van der Waals surface area contributed by atoms with Crippen LogP contribution in [-0.4, -0.2) is 28.4 Å². The van der Waals surface area contributed by atoms with Crippen molar-refractivity contribution in [2.45, 2.75) is 23.6 Å². The minimum Gasteiger partial charge on any atom is -0.342 e. The van der Waals surface area contributed by atoms with Gasteiger partial charge in [0.1, 0.15) is 11.6 Å². The summed E-state index contributed by atoms with van der Waals surface area (Å²) in [6, 6.07) is 17.9. The zero-order chi connectivity index (χ0) is 20.2. The van der Waals surface area contributed by atoms with Gasteiger partial charge in [0.15, 0.2) is 0 Å². The molecule has 0 fully saturated rings. The van der Waals surface area contributed by atoms with E-state index in [1.807, 2.05) is 38.1 Å². The zero-order valence-corrected chi connectivity index (χ0v) is 16.7. The monoisotopic (exact) mass is 402 g/mol. The highest BCUT2D eigenvalue weighted by Gasteiger charge is 2.20. The first kappa shape index (κ1) is 17.6. The Kier molecular flexibility index (Phi) is 3.82. The van der Waals surface area contributed by atoms with Gasteiger partial charge >= 0.3 is 0 Å². The highest BCUT2D eigenvalue weighted by molar-refractivity contribution is 7.91. The predicted molar refractivity (Wildman–Crippen MR) is 113 cm³/mol. The molecular formula is C22H18N4O2S. The average Bonchev–Trinajstić information content (AvgIpc) is 3.29. The third kappa shape index (κ3) is 3.00. The van der Waals surface area contributed by atoms with Gasteiger partial charge in [-0.1, -0.05) is 23.8 Å². The molecule has 3 aromatic carbocycles. The largest absolute Gasteiger partial charge is 0.342 e. The summed E-state index contributed by atoms with van der Waals surface area (Å²) in [6.07, 6.45) is 0. The normalized spacial score (nSPS) is 12.1. The molecule has 144 valence electrons. The van der Waals surface area contributed by atoms with Gasteiger partial charge in [-0.2, -0.15) is 0 Å². The Morgan fingerprint density at radius 1 is 0.759 bits per heavy atom. The quantitative estimate of drug-likeness (QED) is 0.463. The molecule has 6 nitrogen and oxygen atoms in total. The number of H-pyrrole nitrogens is 2. The van der Waals surface area contributed by atoms with Crippen LogP contribution in [-0.2, 0) is 9.84 Å². The van der Waals surface area contributed by atoms with Crippen molar-refractivity contribution in [3.63, 3.8) is 0 Å². The van der Waals surface area contributed by atoms with Crippen LogP contribution in [0.5, 0.6) is 0 Å². The smallest absolute Gasteiger partial charge is 0.206 e. The van der Waals surface area contributed by atoms with Crippen molar-refractivity contribution in [3.05, 3.63) is 72.1 Å². The molecule has 0 atom stereocenters. The molecule has 0 unspecified atom stereocenters. The topological polar surface area (TPSA) is 91.5 Å². The number of aromatic amines is 2. The van der Waals surface area contributed by atoms with Crippen LogP contribution in [0.3, 0.4) is 0 Å². The molecule has 29 heavy (non-hydrogen) atoms. The number of hydrogen-bond donors (Lipinski definition) is 2. The number of aryl methyl sites for hydroxylation is 2. The number of fused-ring (bicyclic) bond motifs is 2. The van der Waals surface area contributed by atoms with E-state index in [1.54, 1.807) is 36.4 Å². The Morgan fingerprint density at radius 2 is 1.41 bits per heavy atom. The first-order chi connectivity index (χ1) is 13.9. The molecule has 0 saturated carbocycles. The van der Waals surface area contributed by atoms with Gasteiger partial charge < -0.3 is 9.97 Å². The maximum absolute atomic E-state index is 13.2. The number of aromatic nitrogens is 4. The van der Waals surface area contributed by atoms with E-state index < -0.39 is 9.84 Å². The van der Waals surface area contributed by atoms with Gasteiger partial charge in [0.2, 0.25) is 9.84 Å². The third-order valence-corrected chi connectivity index (χ3v) is 6.69. The molecule has 7 heteroatoms. The summed E-state index contributed by atoms with van der Waals surface area (Å²) in [7, 11) is -3.67. The fourth-order valence-corrected chi connectivity index (χ4v) is 4.82. The lowest BCUT2D eigenvalue weighted by Gasteiger charge is -2.04. The molecular weight excluding hydrogens is 384 g/mol. The van der Waals surface area contributed by atoms with Gasteiger partial charge in [-0.3, -0.25) is 0 Å². The van der Waals surface area contributed by atoms with Crippen LogP contribution < -0.4 is 0 Å². The van der Waals surface area contributed by atoms with Crippen LogP contribution in [0, 0.1) is 13.8 Å². The van der Waals surface area contributed by atoms with Crippen molar-refractivity contribution in [3.8, 4) is 11.4 Å². The van der Waals surface area contributed by atoms with Crippen molar-refractivity contribution in [2.24, 2.45) is 0 Å². The summed E-state index contributed by atoms with van der Waals surface area (Å²) in [5.74, 6) is 1.46. The van der Waals surface area contributed by atoms with Gasteiger partial charge in [-0.15, -0.1) is 0 Å². The molecule has 0 saturated heterocycles. The fourth-order valence-electron chi connectivity index (χ4n) is 3.50. The Hall–Kier alpha value is -3.45. The van der Waals surface area contributed by atoms with Crippen LogP contribution in [0.1, 0.15) is 11.4 Å². The second-order valence-corrected chi connectivity index (χ2v) is 9.09. The molecule has 0 spiro atoms. The predicted octanol–water partition coefficient (Wildman–Crippen LogP) is 4.56. The van der Waals surface area contributed by atoms with Crippen LogP contribution in [0.4, 0.5) is 0 Å². The van der Waals surface area contributed by atoms with Crippen molar-refractivity contribution in [1.82, 2.24) is 19.9 Å². The molecule has 5 aromatic rings. The summed E-state index contributed by atoms with van der Waals surface area (Å²) in [6.45, 7) is 3.86. The van der Waals surface area contributed by atoms with Crippen molar-refractivity contribution in [2.75, 3.05) is 0 Å². The van der Waals surface area contributed by atoms with Crippen molar-refractivity contribution in [1.29, 1.82) is 0 Å². The average molecular weight is 402 g/mol. The van der Waals surface area contributed by atoms with Gasteiger partial charge in [-0.05, 0) is 56.3 Å². The maximum atomic E-state index is 13.2. The van der Waals surface area contributed by atoms with Gasteiger partial charge in [0.25, 0.3) is 0 Å². The number of benzene rings is 3. The molecule has 0 aliphatic heterocycles. The first-order valence-corrected chi connectivity index (χ1v) is 10.7. The molecule has 0 aliphatic carbocycles. The lowest BCUT2D eigenvalue weighted by molar-refractivity contribution is 0.596. The van der Waals surface area contributed by atoms with E-state index in [4.69, 9.17) is 0 Å². The second-order valence-electron chi connectivity index (χ2n) is 7.14. The minimum absolute atomic E-state index is 0.222. The highest BCUT2D eigenvalue weighted by Crippen LogP contribution is 2.28. The Labute approximate surface area is 167 Å². The van der Waals surface area contributed by atoms with Gasteiger partial charge in [-0.25, -0.2) is 18.4 Å². The molecule has 2 heterocycles. The zero-order valence-electron chi connectivity index (χ0n) is 15.9.